The Morgan fingerprint density at radius 2 is 2.29 bits per heavy atom. The third-order valence-corrected chi connectivity index (χ3v) is 2.81. The molecular weight excluding hydrogens is 218 g/mol. The van der Waals surface area contributed by atoms with Gasteiger partial charge in [0, 0.05) is 19.2 Å². The van der Waals surface area contributed by atoms with Crippen LogP contribution in [0.3, 0.4) is 0 Å². The van der Waals surface area contributed by atoms with Crippen molar-refractivity contribution in [1.29, 1.82) is 0 Å². The Kier molecular flexibility index (Phi) is 3.86. The molecule has 0 aliphatic carbocycles. The first-order valence-electron chi connectivity index (χ1n) is 5.87. The molecule has 1 unspecified atom stereocenters. The highest BCUT2D eigenvalue weighted by Crippen LogP contribution is 2.21. The number of aromatic hydroxyl groups is 1. The van der Waals surface area contributed by atoms with Gasteiger partial charge < -0.3 is 19.5 Å². The molecule has 1 aliphatic heterocycles. The molecule has 0 saturated carbocycles. The summed E-state index contributed by atoms with van der Waals surface area (Å²) in [4.78, 5) is 2.23. The minimum Gasteiger partial charge on any atom is -0.508 e. The number of morpholine rings is 1. The molecule has 0 aromatic heterocycles. The van der Waals surface area contributed by atoms with Gasteiger partial charge in [0.25, 0.3) is 0 Å². The third kappa shape index (κ3) is 3.61. The Hall–Kier alpha value is -1.26. The maximum absolute atomic E-state index is 9.45. The summed E-state index contributed by atoms with van der Waals surface area (Å²) in [7, 11) is 2.08. The SMILES string of the molecule is Cc1cc(O)cc(OCC2CN(C)CCO2)c1. The van der Waals surface area contributed by atoms with Crippen molar-refractivity contribution >= 4 is 0 Å². The summed E-state index contributed by atoms with van der Waals surface area (Å²) in [6.45, 7) is 5.06. The van der Waals surface area contributed by atoms with Crippen LogP contribution in [-0.4, -0.2) is 49.5 Å². The van der Waals surface area contributed by atoms with E-state index >= 15 is 0 Å². The fourth-order valence-electron chi connectivity index (χ4n) is 1.97. The molecule has 0 radical (unpaired) electrons. The van der Waals surface area contributed by atoms with Crippen molar-refractivity contribution in [3.63, 3.8) is 0 Å². The van der Waals surface area contributed by atoms with Gasteiger partial charge in [-0.2, -0.15) is 0 Å². The van der Waals surface area contributed by atoms with E-state index in [1.807, 2.05) is 13.0 Å². The van der Waals surface area contributed by atoms with Crippen LogP contribution in [0.15, 0.2) is 18.2 Å². The lowest BCUT2D eigenvalue weighted by Gasteiger charge is -2.29. The number of hydrogen-bond donors (Lipinski definition) is 1. The van der Waals surface area contributed by atoms with E-state index in [1.54, 1.807) is 12.1 Å². The topological polar surface area (TPSA) is 41.9 Å². The first kappa shape index (κ1) is 12.2. The van der Waals surface area contributed by atoms with Crippen LogP contribution in [0.5, 0.6) is 11.5 Å². The summed E-state index contributed by atoms with van der Waals surface area (Å²) < 4.78 is 11.2. The highest BCUT2D eigenvalue weighted by Gasteiger charge is 2.18. The summed E-state index contributed by atoms with van der Waals surface area (Å²) in [6.07, 6.45) is 0.108. The van der Waals surface area contributed by atoms with Gasteiger partial charge in [0.05, 0.1) is 6.61 Å². The van der Waals surface area contributed by atoms with E-state index in [9.17, 15) is 5.11 Å². The van der Waals surface area contributed by atoms with E-state index in [1.165, 1.54) is 0 Å². The number of aryl methyl sites for hydroxylation is 1. The van der Waals surface area contributed by atoms with Crippen molar-refractivity contribution in [2.45, 2.75) is 13.0 Å². The zero-order valence-corrected chi connectivity index (χ0v) is 10.3. The summed E-state index contributed by atoms with van der Waals surface area (Å²) >= 11 is 0. The van der Waals surface area contributed by atoms with Crippen LogP contribution in [0.2, 0.25) is 0 Å². The minimum atomic E-state index is 0.108. The number of nitrogens with zero attached hydrogens (tertiary/aromatic N) is 1. The highest BCUT2D eigenvalue weighted by atomic mass is 16.5. The van der Waals surface area contributed by atoms with Crippen molar-refractivity contribution in [1.82, 2.24) is 4.90 Å². The molecule has 1 saturated heterocycles. The molecular formula is C13H19NO3. The number of phenolic OH excluding ortho intramolecular Hbond substituents is 1. The molecule has 1 atom stereocenters. The molecule has 0 spiro atoms. The van der Waals surface area contributed by atoms with Crippen molar-refractivity contribution in [2.75, 3.05) is 33.4 Å². The second kappa shape index (κ2) is 5.38. The average molecular weight is 237 g/mol. The molecule has 1 fully saturated rings. The molecule has 1 aliphatic rings. The van der Waals surface area contributed by atoms with Gasteiger partial charge in [-0.25, -0.2) is 0 Å². The van der Waals surface area contributed by atoms with Gasteiger partial charge in [0.15, 0.2) is 0 Å². The van der Waals surface area contributed by atoms with E-state index in [0.29, 0.717) is 12.4 Å². The van der Waals surface area contributed by atoms with Crippen LogP contribution in [0.25, 0.3) is 0 Å². The maximum Gasteiger partial charge on any atom is 0.123 e. The quantitative estimate of drug-likeness (QED) is 0.863. The number of benzene rings is 1. The van der Waals surface area contributed by atoms with Crippen molar-refractivity contribution in [2.24, 2.45) is 0 Å². The van der Waals surface area contributed by atoms with Gasteiger partial charge in [-0.05, 0) is 31.7 Å². The molecule has 0 bridgehead atoms. The van der Waals surface area contributed by atoms with Gasteiger partial charge in [-0.3, -0.25) is 0 Å². The van der Waals surface area contributed by atoms with Crippen LogP contribution < -0.4 is 4.74 Å². The predicted molar refractivity (Wildman–Crippen MR) is 65.6 cm³/mol. The number of likely N-dealkylation sites (N-methyl/N-ethyl adjacent to an activating group) is 1. The highest BCUT2D eigenvalue weighted by molar-refractivity contribution is 5.36. The molecule has 1 aromatic rings. The zero-order chi connectivity index (χ0) is 12.3. The first-order valence-corrected chi connectivity index (χ1v) is 5.87. The summed E-state index contributed by atoms with van der Waals surface area (Å²) in [5.41, 5.74) is 0.988. The Morgan fingerprint density at radius 3 is 3.00 bits per heavy atom. The Balaban J connectivity index is 1.88. The summed E-state index contributed by atoms with van der Waals surface area (Å²) in [5.74, 6) is 0.931. The monoisotopic (exact) mass is 237 g/mol. The molecule has 0 amide bonds. The maximum atomic E-state index is 9.45. The summed E-state index contributed by atoms with van der Waals surface area (Å²) in [6, 6.07) is 5.24. The van der Waals surface area contributed by atoms with Crippen molar-refractivity contribution in [3.8, 4) is 11.5 Å². The number of hydrogen-bond acceptors (Lipinski definition) is 4. The van der Waals surface area contributed by atoms with Crippen LogP contribution in [0.1, 0.15) is 5.56 Å². The smallest absolute Gasteiger partial charge is 0.123 e. The van der Waals surface area contributed by atoms with Crippen LogP contribution >= 0.6 is 0 Å². The van der Waals surface area contributed by atoms with Gasteiger partial charge in [-0.1, -0.05) is 0 Å². The third-order valence-electron chi connectivity index (χ3n) is 2.81. The second-order valence-corrected chi connectivity index (χ2v) is 4.57. The van der Waals surface area contributed by atoms with Gasteiger partial charge in [-0.15, -0.1) is 0 Å². The molecule has 4 heteroatoms. The van der Waals surface area contributed by atoms with Crippen LogP contribution in [0, 0.1) is 6.92 Å². The standard InChI is InChI=1S/C13H19NO3/c1-10-5-11(15)7-12(6-10)17-9-13-8-14(2)3-4-16-13/h5-7,13,15H,3-4,8-9H2,1-2H3. The lowest BCUT2D eigenvalue weighted by Crippen LogP contribution is -2.42. The molecule has 17 heavy (non-hydrogen) atoms. The van der Waals surface area contributed by atoms with Crippen LogP contribution in [0.4, 0.5) is 0 Å². The Bertz CT molecular complexity index is 361. The largest absolute Gasteiger partial charge is 0.508 e. The van der Waals surface area contributed by atoms with E-state index in [2.05, 4.69) is 11.9 Å². The van der Waals surface area contributed by atoms with E-state index in [-0.39, 0.29) is 11.9 Å². The number of phenols is 1. The Morgan fingerprint density at radius 1 is 1.47 bits per heavy atom. The molecule has 4 nitrogen and oxygen atoms in total. The van der Waals surface area contributed by atoms with E-state index < -0.39 is 0 Å². The van der Waals surface area contributed by atoms with Gasteiger partial charge in [0.1, 0.15) is 24.2 Å². The zero-order valence-electron chi connectivity index (χ0n) is 10.3. The van der Waals surface area contributed by atoms with Crippen molar-refractivity contribution < 1.29 is 14.6 Å². The van der Waals surface area contributed by atoms with Gasteiger partial charge >= 0.3 is 0 Å². The first-order chi connectivity index (χ1) is 8.13. The number of ether oxygens (including phenoxy) is 2. The van der Waals surface area contributed by atoms with Crippen molar-refractivity contribution in [3.05, 3.63) is 23.8 Å². The fraction of sp³-hybridized carbons (Fsp3) is 0.538. The lowest BCUT2D eigenvalue weighted by atomic mass is 10.2. The van der Waals surface area contributed by atoms with E-state index in [0.717, 1.165) is 25.3 Å². The second-order valence-electron chi connectivity index (χ2n) is 4.57. The fourth-order valence-corrected chi connectivity index (χ4v) is 1.97. The number of rotatable bonds is 3. The molecule has 1 N–H and O–H groups in total. The predicted octanol–water partition coefficient (Wildman–Crippen LogP) is 1.41. The normalized spacial score (nSPS) is 21.4. The molecule has 1 heterocycles. The molecule has 2 rings (SSSR count). The Labute approximate surface area is 102 Å². The summed E-state index contributed by atoms with van der Waals surface area (Å²) in [5, 5.41) is 9.45. The average Bonchev–Trinajstić information content (AvgIpc) is 2.25. The lowest BCUT2D eigenvalue weighted by molar-refractivity contribution is -0.0403. The van der Waals surface area contributed by atoms with Crippen LogP contribution in [-0.2, 0) is 4.74 Å². The minimum absolute atomic E-state index is 0.108. The molecule has 1 aromatic carbocycles. The van der Waals surface area contributed by atoms with E-state index in [4.69, 9.17) is 9.47 Å². The molecule has 94 valence electrons. The van der Waals surface area contributed by atoms with Gasteiger partial charge in [0.2, 0.25) is 0 Å².